The van der Waals surface area contributed by atoms with Crippen molar-refractivity contribution < 1.29 is 4.79 Å². The van der Waals surface area contributed by atoms with Crippen molar-refractivity contribution >= 4 is 11.6 Å². The second-order valence-electron chi connectivity index (χ2n) is 4.99. The van der Waals surface area contributed by atoms with Gasteiger partial charge in [-0.05, 0) is 44.0 Å². The van der Waals surface area contributed by atoms with E-state index in [2.05, 4.69) is 19.2 Å². The first kappa shape index (κ1) is 15.5. The van der Waals surface area contributed by atoms with Crippen molar-refractivity contribution in [3.8, 4) is 0 Å². The topological polar surface area (TPSA) is 32.3 Å². The van der Waals surface area contributed by atoms with Crippen LogP contribution in [-0.2, 0) is 0 Å². The number of benzene rings is 1. The van der Waals surface area contributed by atoms with Crippen molar-refractivity contribution in [3.05, 3.63) is 29.3 Å². The van der Waals surface area contributed by atoms with Crippen LogP contribution in [0.4, 0.5) is 5.69 Å². The number of amides is 1. The van der Waals surface area contributed by atoms with E-state index in [-0.39, 0.29) is 5.91 Å². The third-order valence-corrected chi connectivity index (χ3v) is 3.28. The first-order chi connectivity index (χ1) is 9.10. The molecule has 0 unspecified atom stereocenters. The Labute approximate surface area is 117 Å². The molecule has 0 heterocycles. The Hall–Kier alpha value is -1.51. The summed E-state index contributed by atoms with van der Waals surface area (Å²) in [4.78, 5) is 14.1. The lowest BCUT2D eigenvalue weighted by Gasteiger charge is -2.18. The predicted molar refractivity (Wildman–Crippen MR) is 81.8 cm³/mol. The highest BCUT2D eigenvalue weighted by molar-refractivity contribution is 5.94. The number of unbranched alkanes of at least 4 members (excludes halogenated alkanes) is 2. The molecule has 19 heavy (non-hydrogen) atoms. The third-order valence-electron chi connectivity index (χ3n) is 3.28. The van der Waals surface area contributed by atoms with Crippen LogP contribution in [0.15, 0.2) is 18.2 Å². The summed E-state index contributed by atoms with van der Waals surface area (Å²) in [5, 5.41) is 3.29. The van der Waals surface area contributed by atoms with Crippen molar-refractivity contribution in [3.63, 3.8) is 0 Å². The Kier molecular flexibility index (Phi) is 6.40. The summed E-state index contributed by atoms with van der Waals surface area (Å²) >= 11 is 0. The van der Waals surface area contributed by atoms with Gasteiger partial charge in [0.15, 0.2) is 0 Å². The molecule has 0 saturated carbocycles. The van der Waals surface area contributed by atoms with Crippen molar-refractivity contribution in [2.24, 2.45) is 0 Å². The number of hydrogen-bond donors (Lipinski definition) is 1. The maximum atomic E-state index is 12.3. The van der Waals surface area contributed by atoms with Crippen LogP contribution >= 0.6 is 0 Å². The largest absolute Gasteiger partial charge is 0.385 e. The van der Waals surface area contributed by atoms with E-state index in [4.69, 9.17) is 0 Å². The first-order valence-corrected chi connectivity index (χ1v) is 7.20. The monoisotopic (exact) mass is 262 g/mol. The molecule has 0 spiro atoms. The van der Waals surface area contributed by atoms with Crippen LogP contribution in [0.1, 0.15) is 49.0 Å². The predicted octanol–water partition coefficient (Wildman–Crippen LogP) is 3.69. The molecule has 3 nitrogen and oxygen atoms in total. The number of anilines is 1. The Bertz CT molecular complexity index is 415. The average Bonchev–Trinajstić information content (AvgIpc) is 2.40. The molecular weight excluding hydrogens is 236 g/mol. The summed E-state index contributed by atoms with van der Waals surface area (Å²) in [6, 6.07) is 5.87. The average molecular weight is 262 g/mol. The van der Waals surface area contributed by atoms with Crippen LogP contribution in [0.2, 0.25) is 0 Å². The molecule has 0 bridgehead atoms. The smallest absolute Gasteiger partial charge is 0.253 e. The summed E-state index contributed by atoms with van der Waals surface area (Å²) in [5.41, 5.74) is 3.00. The standard InChI is InChI=1S/C16H26N2O/c1-5-7-8-11-18(4)16(19)14-9-10-15(17-6-2)13(3)12-14/h9-10,12,17H,5-8,11H2,1-4H3. The second kappa shape index (κ2) is 7.82. The lowest BCUT2D eigenvalue weighted by molar-refractivity contribution is 0.0792. The van der Waals surface area contributed by atoms with E-state index in [9.17, 15) is 4.79 Å². The van der Waals surface area contributed by atoms with Gasteiger partial charge in [-0.1, -0.05) is 19.8 Å². The van der Waals surface area contributed by atoms with Crippen molar-refractivity contribution in [2.75, 3.05) is 25.5 Å². The fourth-order valence-corrected chi connectivity index (χ4v) is 2.11. The highest BCUT2D eigenvalue weighted by Crippen LogP contribution is 2.17. The molecule has 0 saturated heterocycles. The van der Waals surface area contributed by atoms with Crippen LogP contribution in [0, 0.1) is 6.92 Å². The van der Waals surface area contributed by atoms with Crippen LogP contribution in [0.3, 0.4) is 0 Å². The van der Waals surface area contributed by atoms with Gasteiger partial charge < -0.3 is 10.2 Å². The van der Waals surface area contributed by atoms with Gasteiger partial charge >= 0.3 is 0 Å². The van der Waals surface area contributed by atoms with Gasteiger partial charge in [0.2, 0.25) is 0 Å². The van der Waals surface area contributed by atoms with Crippen LogP contribution in [-0.4, -0.2) is 30.9 Å². The number of aryl methyl sites for hydroxylation is 1. The molecule has 1 aromatic rings. The Morgan fingerprint density at radius 2 is 2.00 bits per heavy atom. The zero-order valence-electron chi connectivity index (χ0n) is 12.6. The molecular formula is C16H26N2O. The molecule has 0 fully saturated rings. The quantitative estimate of drug-likeness (QED) is 0.760. The summed E-state index contributed by atoms with van der Waals surface area (Å²) in [6.45, 7) is 8.00. The van der Waals surface area contributed by atoms with Gasteiger partial charge in [-0.15, -0.1) is 0 Å². The summed E-state index contributed by atoms with van der Waals surface area (Å²) in [7, 11) is 1.88. The molecule has 3 heteroatoms. The van der Waals surface area contributed by atoms with Crippen molar-refractivity contribution in [1.29, 1.82) is 0 Å². The fraction of sp³-hybridized carbons (Fsp3) is 0.562. The van der Waals surface area contributed by atoms with Crippen LogP contribution in [0.25, 0.3) is 0 Å². The Morgan fingerprint density at radius 3 is 2.58 bits per heavy atom. The van der Waals surface area contributed by atoms with E-state index in [0.717, 1.165) is 36.3 Å². The van der Waals surface area contributed by atoms with Gasteiger partial charge in [-0.25, -0.2) is 0 Å². The minimum Gasteiger partial charge on any atom is -0.385 e. The van der Waals surface area contributed by atoms with Crippen molar-refractivity contribution in [2.45, 2.75) is 40.0 Å². The van der Waals surface area contributed by atoms with E-state index in [1.165, 1.54) is 12.8 Å². The number of nitrogens with zero attached hydrogens (tertiary/aromatic N) is 1. The SMILES string of the molecule is CCCCCN(C)C(=O)c1ccc(NCC)c(C)c1. The second-order valence-corrected chi connectivity index (χ2v) is 4.99. The zero-order chi connectivity index (χ0) is 14.3. The summed E-state index contributed by atoms with van der Waals surface area (Å²) in [6.07, 6.45) is 3.43. The molecule has 1 rings (SSSR count). The molecule has 0 atom stereocenters. The van der Waals surface area contributed by atoms with Gasteiger partial charge in [0.25, 0.3) is 5.91 Å². The van der Waals surface area contributed by atoms with Gasteiger partial charge in [-0.3, -0.25) is 4.79 Å². The zero-order valence-corrected chi connectivity index (χ0v) is 12.6. The van der Waals surface area contributed by atoms with E-state index < -0.39 is 0 Å². The number of rotatable bonds is 7. The normalized spacial score (nSPS) is 10.3. The van der Waals surface area contributed by atoms with Gasteiger partial charge in [0, 0.05) is 31.4 Å². The fourth-order valence-electron chi connectivity index (χ4n) is 2.11. The lowest BCUT2D eigenvalue weighted by atomic mass is 10.1. The van der Waals surface area contributed by atoms with Crippen LogP contribution < -0.4 is 5.32 Å². The molecule has 1 aromatic carbocycles. The van der Waals surface area contributed by atoms with Gasteiger partial charge in [-0.2, -0.15) is 0 Å². The molecule has 1 amide bonds. The van der Waals surface area contributed by atoms with Crippen LogP contribution in [0.5, 0.6) is 0 Å². The molecule has 0 aromatic heterocycles. The van der Waals surface area contributed by atoms with E-state index in [1.54, 1.807) is 0 Å². The summed E-state index contributed by atoms with van der Waals surface area (Å²) in [5.74, 6) is 0.113. The van der Waals surface area contributed by atoms with Crippen molar-refractivity contribution in [1.82, 2.24) is 4.90 Å². The maximum Gasteiger partial charge on any atom is 0.253 e. The highest BCUT2D eigenvalue weighted by Gasteiger charge is 2.12. The maximum absolute atomic E-state index is 12.3. The minimum atomic E-state index is 0.113. The molecule has 0 radical (unpaired) electrons. The van der Waals surface area contributed by atoms with E-state index in [0.29, 0.717) is 0 Å². The number of hydrogen-bond acceptors (Lipinski definition) is 2. The summed E-state index contributed by atoms with van der Waals surface area (Å²) < 4.78 is 0. The lowest BCUT2D eigenvalue weighted by Crippen LogP contribution is -2.27. The number of nitrogens with one attached hydrogen (secondary N) is 1. The van der Waals surface area contributed by atoms with E-state index >= 15 is 0 Å². The molecule has 0 aliphatic heterocycles. The minimum absolute atomic E-state index is 0.113. The molecule has 0 aliphatic rings. The number of carbonyl (C=O) groups excluding carboxylic acids is 1. The third kappa shape index (κ3) is 4.58. The van der Waals surface area contributed by atoms with Gasteiger partial charge in [0.1, 0.15) is 0 Å². The first-order valence-electron chi connectivity index (χ1n) is 7.20. The molecule has 0 aliphatic carbocycles. The Balaban J connectivity index is 2.68. The van der Waals surface area contributed by atoms with Gasteiger partial charge in [0.05, 0.1) is 0 Å². The Morgan fingerprint density at radius 1 is 1.26 bits per heavy atom. The highest BCUT2D eigenvalue weighted by atomic mass is 16.2. The molecule has 1 N–H and O–H groups in total. The number of carbonyl (C=O) groups is 1. The molecule has 106 valence electrons. The van der Waals surface area contributed by atoms with E-state index in [1.807, 2.05) is 37.1 Å².